The first-order valence-corrected chi connectivity index (χ1v) is 7.39. The average Bonchev–Trinajstić information content (AvgIpc) is 3.16. The van der Waals surface area contributed by atoms with Crippen LogP contribution in [-0.2, 0) is 0 Å². The summed E-state index contributed by atoms with van der Waals surface area (Å²) in [5, 5.41) is 3.32. The van der Waals surface area contributed by atoms with Gasteiger partial charge in [-0.2, -0.15) is 0 Å². The Balaban J connectivity index is 0.00000192. The van der Waals surface area contributed by atoms with Crippen molar-refractivity contribution < 1.29 is 13.5 Å². The Morgan fingerprint density at radius 2 is 2.17 bits per heavy atom. The van der Waals surface area contributed by atoms with Gasteiger partial charge in [0.25, 0.3) is 0 Å². The molecule has 0 amide bonds. The first-order valence-electron chi connectivity index (χ1n) is 7.39. The van der Waals surface area contributed by atoms with E-state index in [0.717, 1.165) is 18.4 Å². The predicted molar refractivity (Wildman–Crippen MR) is 90.0 cm³/mol. The van der Waals surface area contributed by atoms with Crippen LogP contribution in [0.2, 0.25) is 0 Å². The first kappa shape index (κ1) is 17.3. The van der Waals surface area contributed by atoms with E-state index in [1.807, 2.05) is 19.1 Å². The van der Waals surface area contributed by atoms with E-state index in [1.165, 1.54) is 12.1 Å². The van der Waals surface area contributed by atoms with E-state index in [4.69, 9.17) is 9.15 Å². The minimum atomic E-state index is -0.289. The molecule has 1 aliphatic rings. The van der Waals surface area contributed by atoms with Crippen LogP contribution < -0.4 is 10.1 Å². The minimum absolute atomic E-state index is 0. The molecule has 1 N–H and O–H groups in total. The molecule has 1 unspecified atom stereocenters. The van der Waals surface area contributed by atoms with Gasteiger partial charge in [0.05, 0.1) is 25.5 Å². The average molecular weight is 339 g/mol. The molecule has 4 nitrogen and oxygen atoms in total. The van der Waals surface area contributed by atoms with Crippen molar-refractivity contribution in [1.29, 1.82) is 0 Å². The molecule has 1 aromatic heterocycles. The van der Waals surface area contributed by atoms with Gasteiger partial charge in [0.1, 0.15) is 11.6 Å². The highest BCUT2D eigenvalue weighted by Crippen LogP contribution is 2.28. The number of nitrogens with one attached hydrogen (secondary N) is 1. The zero-order chi connectivity index (χ0) is 15.5. The van der Waals surface area contributed by atoms with Crippen LogP contribution in [0.3, 0.4) is 0 Å². The fourth-order valence-corrected chi connectivity index (χ4v) is 2.30. The molecule has 0 aliphatic heterocycles. The minimum Gasteiger partial charge on any atom is -0.496 e. The summed E-state index contributed by atoms with van der Waals surface area (Å²) in [7, 11) is 1.58. The number of benzene rings is 1. The quantitative estimate of drug-likeness (QED) is 0.659. The van der Waals surface area contributed by atoms with E-state index in [2.05, 4.69) is 10.3 Å². The van der Waals surface area contributed by atoms with Crippen LogP contribution in [0.5, 0.6) is 5.75 Å². The van der Waals surface area contributed by atoms with Gasteiger partial charge >= 0.3 is 0 Å². The van der Waals surface area contributed by atoms with Crippen molar-refractivity contribution in [2.75, 3.05) is 7.11 Å². The van der Waals surface area contributed by atoms with E-state index in [9.17, 15) is 4.39 Å². The zero-order valence-corrected chi connectivity index (χ0v) is 13.9. The highest BCUT2D eigenvalue weighted by Gasteiger charge is 2.23. The number of aliphatic imine (C=N–C) groups is 1. The summed E-state index contributed by atoms with van der Waals surface area (Å²) in [6.07, 6.45) is 3.82. The number of nitrogens with zero attached hydrogens (tertiary/aromatic N) is 1. The third-order valence-corrected chi connectivity index (χ3v) is 3.62. The van der Waals surface area contributed by atoms with E-state index in [0.29, 0.717) is 23.4 Å². The molecule has 2 aromatic rings. The number of hydrogen-bond donors (Lipinski definition) is 1. The van der Waals surface area contributed by atoms with Gasteiger partial charge in [-0.3, -0.25) is 4.99 Å². The largest absolute Gasteiger partial charge is 0.496 e. The van der Waals surface area contributed by atoms with Gasteiger partial charge < -0.3 is 14.5 Å². The van der Waals surface area contributed by atoms with Crippen molar-refractivity contribution in [2.45, 2.75) is 31.8 Å². The summed E-state index contributed by atoms with van der Waals surface area (Å²) in [5.74, 6) is 1.75. The van der Waals surface area contributed by atoms with E-state index >= 15 is 0 Å². The predicted octanol–water partition coefficient (Wildman–Crippen LogP) is 4.11. The highest BCUT2D eigenvalue weighted by molar-refractivity contribution is 5.96. The van der Waals surface area contributed by atoms with Crippen LogP contribution in [0.4, 0.5) is 4.39 Å². The highest BCUT2D eigenvalue weighted by atomic mass is 35.5. The summed E-state index contributed by atoms with van der Waals surface area (Å²) in [6, 6.07) is 8.39. The molecule has 1 heterocycles. The fourth-order valence-electron chi connectivity index (χ4n) is 2.30. The number of amidine groups is 1. The Hall–Kier alpha value is -2.01. The second-order valence-electron chi connectivity index (χ2n) is 5.44. The Labute approximate surface area is 141 Å². The van der Waals surface area contributed by atoms with Gasteiger partial charge in [0.2, 0.25) is 0 Å². The van der Waals surface area contributed by atoms with E-state index < -0.39 is 0 Å². The smallest absolute Gasteiger partial charge is 0.168 e. The molecule has 1 atom stereocenters. The molecule has 1 saturated carbocycles. The third-order valence-electron chi connectivity index (χ3n) is 3.62. The number of rotatable bonds is 5. The van der Waals surface area contributed by atoms with Gasteiger partial charge in [-0.05, 0) is 50.1 Å². The van der Waals surface area contributed by atoms with Crippen molar-refractivity contribution in [2.24, 2.45) is 4.99 Å². The number of ether oxygens (including phenoxy) is 1. The molecule has 6 heteroatoms. The van der Waals surface area contributed by atoms with E-state index in [-0.39, 0.29) is 24.3 Å². The molecule has 0 bridgehead atoms. The summed E-state index contributed by atoms with van der Waals surface area (Å²) < 4.78 is 24.3. The molecule has 1 aliphatic carbocycles. The van der Waals surface area contributed by atoms with Crippen molar-refractivity contribution in [1.82, 2.24) is 5.32 Å². The van der Waals surface area contributed by atoms with Crippen molar-refractivity contribution in [3.8, 4) is 5.75 Å². The number of furan rings is 1. The van der Waals surface area contributed by atoms with Crippen LogP contribution in [0, 0.1) is 5.82 Å². The Morgan fingerprint density at radius 1 is 1.39 bits per heavy atom. The molecule has 124 valence electrons. The molecule has 0 spiro atoms. The van der Waals surface area contributed by atoms with Gasteiger partial charge in [-0.25, -0.2) is 4.39 Å². The maximum absolute atomic E-state index is 13.5. The Kier molecular flexibility index (Phi) is 5.66. The molecule has 0 radical (unpaired) electrons. The van der Waals surface area contributed by atoms with Crippen molar-refractivity contribution >= 4 is 18.2 Å². The monoisotopic (exact) mass is 338 g/mol. The first-order chi connectivity index (χ1) is 10.7. The lowest BCUT2D eigenvalue weighted by Gasteiger charge is -2.19. The SMILES string of the molecule is COc1ccc(F)cc1C(C)NC(=NC1CC1)c1ccco1.Cl. The van der Waals surface area contributed by atoms with Crippen molar-refractivity contribution in [3.63, 3.8) is 0 Å². The molecule has 3 rings (SSSR count). The third kappa shape index (κ3) is 4.26. The van der Waals surface area contributed by atoms with Crippen LogP contribution in [0.15, 0.2) is 46.0 Å². The standard InChI is InChI=1S/C17H19FN2O2.ClH/c1-11(14-10-12(18)5-8-15(14)21-2)19-17(20-13-6-7-13)16-4-3-9-22-16;/h3-5,8-11,13H,6-7H2,1-2H3,(H,19,20);1H. The second kappa shape index (κ2) is 7.51. The lowest BCUT2D eigenvalue weighted by atomic mass is 10.1. The topological polar surface area (TPSA) is 46.8 Å². The summed E-state index contributed by atoms with van der Waals surface area (Å²) >= 11 is 0. The van der Waals surface area contributed by atoms with Gasteiger partial charge in [0.15, 0.2) is 11.6 Å². The fraction of sp³-hybridized carbons (Fsp3) is 0.353. The molecule has 0 saturated heterocycles. The maximum Gasteiger partial charge on any atom is 0.168 e. The molecule has 23 heavy (non-hydrogen) atoms. The Morgan fingerprint density at radius 3 is 2.78 bits per heavy atom. The van der Waals surface area contributed by atoms with Gasteiger partial charge in [-0.15, -0.1) is 12.4 Å². The van der Waals surface area contributed by atoms with Crippen LogP contribution in [0.1, 0.15) is 37.1 Å². The zero-order valence-electron chi connectivity index (χ0n) is 13.1. The molecule has 1 fully saturated rings. The van der Waals surface area contributed by atoms with E-state index in [1.54, 1.807) is 19.4 Å². The summed E-state index contributed by atoms with van der Waals surface area (Å²) in [6.45, 7) is 1.95. The van der Waals surface area contributed by atoms with Crippen LogP contribution in [0.25, 0.3) is 0 Å². The summed E-state index contributed by atoms with van der Waals surface area (Å²) in [5.41, 5.74) is 0.748. The van der Waals surface area contributed by atoms with Crippen LogP contribution >= 0.6 is 12.4 Å². The van der Waals surface area contributed by atoms with Gasteiger partial charge in [0, 0.05) is 5.56 Å². The summed E-state index contributed by atoms with van der Waals surface area (Å²) in [4.78, 5) is 4.65. The number of hydrogen-bond acceptors (Lipinski definition) is 3. The van der Waals surface area contributed by atoms with Crippen LogP contribution in [-0.4, -0.2) is 19.0 Å². The maximum atomic E-state index is 13.5. The molecular formula is C17H20ClFN2O2. The molecule has 1 aromatic carbocycles. The Bertz CT molecular complexity index is 669. The van der Waals surface area contributed by atoms with Crippen molar-refractivity contribution in [3.05, 3.63) is 53.7 Å². The normalized spacial score (nSPS) is 15.7. The number of halogens is 2. The van der Waals surface area contributed by atoms with Gasteiger partial charge in [-0.1, -0.05) is 0 Å². The second-order valence-corrected chi connectivity index (χ2v) is 5.44. The lowest BCUT2D eigenvalue weighted by Crippen LogP contribution is -2.28. The lowest BCUT2D eigenvalue weighted by molar-refractivity contribution is 0.403. The number of methoxy groups -OCH3 is 1. The molecular weight excluding hydrogens is 319 g/mol.